The van der Waals surface area contributed by atoms with E-state index >= 15 is 0 Å². The quantitative estimate of drug-likeness (QED) is 0.855. The van der Waals surface area contributed by atoms with Crippen LogP contribution in [-0.2, 0) is 19.6 Å². The van der Waals surface area contributed by atoms with E-state index in [0.29, 0.717) is 11.4 Å². The molecule has 6 nitrogen and oxygen atoms in total. The van der Waals surface area contributed by atoms with E-state index in [2.05, 4.69) is 10.1 Å². The first kappa shape index (κ1) is 13.7. The van der Waals surface area contributed by atoms with Crippen molar-refractivity contribution in [1.82, 2.24) is 3.97 Å². The van der Waals surface area contributed by atoms with Gasteiger partial charge >= 0.3 is 5.97 Å². The fourth-order valence-electron chi connectivity index (χ4n) is 2.45. The highest BCUT2D eigenvalue weighted by Gasteiger charge is 2.31. The smallest absolute Gasteiger partial charge is 0.308 e. The first-order chi connectivity index (χ1) is 10.0. The Morgan fingerprint density at radius 3 is 2.81 bits per heavy atom. The van der Waals surface area contributed by atoms with Gasteiger partial charge in [-0.25, -0.2) is 12.4 Å². The Hall–Kier alpha value is -2.28. The summed E-state index contributed by atoms with van der Waals surface area (Å²) in [5.74, 6) is -0.406. The molecule has 0 spiro atoms. The van der Waals surface area contributed by atoms with Crippen molar-refractivity contribution in [2.75, 3.05) is 12.4 Å². The van der Waals surface area contributed by atoms with E-state index in [1.54, 1.807) is 36.4 Å². The standard InChI is InChI=1S/C14H14N2O4S/c1-20-14(17)9-11-12-6-4-8-16(12)21(18,19)13-7-3-2-5-10(13)15-11/h2-8,11,15H,9H2,1H3. The minimum atomic E-state index is -3.67. The van der Waals surface area contributed by atoms with Crippen molar-refractivity contribution in [3.8, 4) is 0 Å². The maximum atomic E-state index is 12.7. The van der Waals surface area contributed by atoms with Crippen LogP contribution in [0.1, 0.15) is 18.2 Å². The molecule has 2 heterocycles. The lowest BCUT2D eigenvalue weighted by Gasteiger charge is -2.16. The van der Waals surface area contributed by atoms with Crippen molar-refractivity contribution in [3.05, 3.63) is 48.3 Å². The van der Waals surface area contributed by atoms with Gasteiger partial charge in [0.25, 0.3) is 10.0 Å². The van der Waals surface area contributed by atoms with Crippen molar-refractivity contribution in [3.63, 3.8) is 0 Å². The van der Waals surface area contributed by atoms with Crippen LogP contribution in [0.15, 0.2) is 47.5 Å². The molecule has 1 aromatic heterocycles. The number of carbonyl (C=O) groups excluding carboxylic acids is 1. The number of benzene rings is 1. The first-order valence-corrected chi connectivity index (χ1v) is 7.83. The third-order valence-corrected chi connectivity index (χ3v) is 5.21. The van der Waals surface area contributed by atoms with Gasteiger partial charge in [0.2, 0.25) is 0 Å². The number of nitrogens with zero attached hydrogens (tertiary/aromatic N) is 1. The number of fused-ring (bicyclic) bond motifs is 2. The molecule has 0 radical (unpaired) electrons. The van der Waals surface area contributed by atoms with Crippen LogP contribution < -0.4 is 5.32 Å². The number of nitrogens with one attached hydrogen (secondary N) is 1. The molecular weight excluding hydrogens is 292 g/mol. The molecule has 21 heavy (non-hydrogen) atoms. The summed E-state index contributed by atoms with van der Waals surface area (Å²) < 4.78 is 31.3. The van der Waals surface area contributed by atoms with Crippen molar-refractivity contribution in [2.45, 2.75) is 17.4 Å². The van der Waals surface area contributed by atoms with Gasteiger partial charge in [0.15, 0.2) is 0 Å². The van der Waals surface area contributed by atoms with Crippen molar-refractivity contribution < 1.29 is 17.9 Å². The zero-order valence-corrected chi connectivity index (χ0v) is 12.1. The summed E-state index contributed by atoms with van der Waals surface area (Å²) >= 11 is 0. The molecule has 1 aliphatic rings. The number of aromatic nitrogens is 1. The average molecular weight is 306 g/mol. The Balaban J connectivity index is 2.18. The van der Waals surface area contributed by atoms with Crippen LogP contribution >= 0.6 is 0 Å². The molecule has 0 aliphatic carbocycles. The van der Waals surface area contributed by atoms with E-state index in [-0.39, 0.29) is 11.3 Å². The summed E-state index contributed by atoms with van der Waals surface area (Å²) in [6, 6.07) is 9.51. The van der Waals surface area contributed by atoms with Crippen molar-refractivity contribution in [1.29, 1.82) is 0 Å². The Morgan fingerprint density at radius 1 is 1.29 bits per heavy atom. The van der Waals surface area contributed by atoms with Gasteiger partial charge in [0, 0.05) is 6.20 Å². The fourth-order valence-corrected chi connectivity index (χ4v) is 4.02. The summed E-state index contributed by atoms with van der Waals surface area (Å²) in [6.45, 7) is 0. The number of anilines is 1. The Morgan fingerprint density at radius 2 is 2.05 bits per heavy atom. The number of ether oxygens (including phenoxy) is 1. The van der Waals surface area contributed by atoms with Gasteiger partial charge in [0.05, 0.1) is 31.0 Å². The fraction of sp³-hybridized carbons (Fsp3) is 0.214. The number of esters is 1. The molecule has 0 fully saturated rings. The lowest BCUT2D eigenvalue weighted by molar-refractivity contribution is -0.140. The van der Waals surface area contributed by atoms with Crippen LogP contribution in [0.5, 0.6) is 0 Å². The highest BCUT2D eigenvalue weighted by Crippen LogP contribution is 2.34. The largest absolute Gasteiger partial charge is 0.469 e. The second-order valence-electron chi connectivity index (χ2n) is 4.71. The highest BCUT2D eigenvalue weighted by atomic mass is 32.2. The summed E-state index contributed by atoms with van der Waals surface area (Å²) in [5.41, 5.74) is 0.992. The number of hydrogen-bond donors (Lipinski definition) is 1. The first-order valence-electron chi connectivity index (χ1n) is 6.39. The number of rotatable bonds is 2. The molecule has 1 aromatic carbocycles. The van der Waals surface area contributed by atoms with Crippen LogP contribution in [0.4, 0.5) is 5.69 Å². The zero-order chi connectivity index (χ0) is 15.0. The molecule has 3 rings (SSSR count). The number of methoxy groups -OCH3 is 1. The Kier molecular flexibility index (Phi) is 3.21. The number of hydrogen-bond acceptors (Lipinski definition) is 5. The zero-order valence-electron chi connectivity index (χ0n) is 11.3. The molecule has 110 valence electrons. The molecule has 2 aromatic rings. The van der Waals surface area contributed by atoms with Crippen LogP contribution in [0.25, 0.3) is 0 Å². The topological polar surface area (TPSA) is 77.4 Å². The monoisotopic (exact) mass is 306 g/mol. The Bertz CT molecular complexity index is 795. The average Bonchev–Trinajstić information content (AvgIpc) is 2.94. The number of para-hydroxylation sites is 1. The SMILES string of the molecule is COC(=O)CC1Nc2ccccc2S(=O)(=O)n2cccc21. The predicted octanol–water partition coefficient (Wildman–Crippen LogP) is 1.75. The van der Waals surface area contributed by atoms with E-state index in [4.69, 9.17) is 0 Å². The van der Waals surface area contributed by atoms with Crippen LogP contribution in [0.3, 0.4) is 0 Å². The third kappa shape index (κ3) is 2.19. The van der Waals surface area contributed by atoms with E-state index < -0.39 is 22.0 Å². The molecule has 1 N–H and O–H groups in total. The summed E-state index contributed by atoms with van der Waals surface area (Å²) in [7, 11) is -2.36. The molecule has 0 bridgehead atoms. The van der Waals surface area contributed by atoms with Gasteiger partial charge < -0.3 is 10.1 Å². The molecule has 1 atom stereocenters. The van der Waals surface area contributed by atoms with Crippen LogP contribution in [0, 0.1) is 0 Å². The Labute approximate surface area is 122 Å². The molecule has 7 heteroatoms. The van der Waals surface area contributed by atoms with Gasteiger partial charge in [-0.3, -0.25) is 4.79 Å². The molecule has 0 saturated heterocycles. The van der Waals surface area contributed by atoms with Crippen molar-refractivity contribution in [2.24, 2.45) is 0 Å². The van der Waals surface area contributed by atoms with E-state index in [0.717, 1.165) is 0 Å². The minimum Gasteiger partial charge on any atom is -0.469 e. The van der Waals surface area contributed by atoms with Gasteiger partial charge in [-0.2, -0.15) is 0 Å². The van der Waals surface area contributed by atoms with E-state index in [9.17, 15) is 13.2 Å². The van der Waals surface area contributed by atoms with Gasteiger partial charge in [0.1, 0.15) is 4.90 Å². The summed E-state index contributed by atoms with van der Waals surface area (Å²) in [5, 5.41) is 3.12. The summed E-state index contributed by atoms with van der Waals surface area (Å²) in [6.07, 6.45) is 1.53. The summed E-state index contributed by atoms with van der Waals surface area (Å²) in [4.78, 5) is 11.8. The molecule has 1 unspecified atom stereocenters. The second-order valence-corrected chi connectivity index (χ2v) is 6.49. The lowest BCUT2D eigenvalue weighted by Crippen LogP contribution is -2.18. The van der Waals surface area contributed by atoms with E-state index in [1.165, 1.54) is 17.3 Å². The second kappa shape index (κ2) is 4.92. The maximum absolute atomic E-state index is 12.7. The predicted molar refractivity (Wildman–Crippen MR) is 76.5 cm³/mol. The van der Waals surface area contributed by atoms with Gasteiger partial charge in [-0.05, 0) is 24.3 Å². The number of carbonyl (C=O) groups is 1. The maximum Gasteiger partial charge on any atom is 0.308 e. The molecular formula is C14H14N2O4S. The van der Waals surface area contributed by atoms with Crippen LogP contribution in [-0.4, -0.2) is 25.5 Å². The normalized spacial score (nSPS) is 18.8. The van der Waals surface area contributed by atoms with Gasteiger partial charge in [-0.1, -0.05) is 12.1 Å². The van der Waals surface area contributed by atoms with Crippen LogP contribution in [0.2, 0.25) is 0 Å². The molecule has 1 aliphatic heterocycles. The third-order valence-electron chi connectivity index (χ3n) is 3.45. The highest BCUT2D eigenvalue weighted by molar-refractivity contribution is 7.90. The van der Waals surface area contributed by atoms with E-state index in [1.807, 2.05) is 0 Å². The molecule has 0 saturated carbocycles. The minimum absolute atomic E-state index is 0.0460. The molecule has 0 amide bonds. The lowest BCUT2D eigenvalue weighted by atomic mass is 10.1. The van der Waals surface area contributed by atoms with Crippen molar-refractivity contribution >= 4 is 21.7 Å². The van der Waals surface area contributed by atoms with Gasteiger partial charge in [-0.15, -0.1) is 0 Å².